The van der Waals surface area contributed by atoms with Crippen LogP contribution in [0.4, 0.5) is 18.9 Å². The van der Waals surface area contributed by atoms with E-state index in [4.69, 9.17) is 4.74 Å². The molecule has 1 aromatic carbocycles. The van der Waals surface area contributed by atoms with Crippen LogP contribution in [0.2, 0.25) is 0 Å². The van der Waals surface area contributed by atoms with Gasteiger partial charge in [0.25, 0.3) is 5.82 Å². The van der Waals surface area contributed by atoms with Crippen LogP contribution in [0, 0.1) is 12.3 Å². The summed E-state index contributed by atoms with van der Waals surface area (Å²) in [4.78, 5) is 32.1. The SMILES string of the molecule is Cc1c([C@@H](O)CN2CCC3(CC2)CC(=O)N(c2ccc4nc(C(F)(F)F)nn4c2)C3)ccc2c1COC2=O. The third-order valence-corrected chi connectivity index (χ3v) is 8.12. The van der Waals surface area contributed by atoms with Crippen LogP contribution >= 0.6 is 0 Å². The molecule has 3 aromatic rings. The second-order valence-electron chi connectivity index (χ2n) is 10.5. The molecular formula is C26H26F3N5O4. The van der Waals surface area contributed by atoms with Gasteiger partial charge in [0.1, 0.15) is 6.61 Å². The number of hydrogen-bond acceptors (Lipinski definition) is 7. The molecule has 3 aliphatic rings. The number of aromatic nitrogens is 3. The number of pyridine rings is 1. The Hall–Kier alpha value is -3.51. The highest BCUT2D eigenvalue weighted by molar-refractivity contribution is 5.96. The van der Waals surface area contributed by atoms with Gasteiger partial charge in [-0.1, -0.05) is 6.07 Å². The second kappa shape index (κ2) is 8.77. The number of aliphatic hydroxyl groups excluding tert-OH is 1. The van der Waals surface area contributed by atoms with Crippen molar-refractivity contribution < 1.29 is 32.6 Å². The molecule has 9 nitrogen and oxygen atoms in total. The smallest absolute Gasteiger partial charge is 0.453 e. The topological polar surface area (TPSA) is 100 Å². The van der Waals surface area contributed by atoms with E-state index in [1.165, 1.54) is 12.3 Å². The summed E-state index contributed by atoms with van der Waals surface area (Å²) in [6.07, 6.45) is -2.06. The number of likely N-dealkylation sites (tertiary alicyclic amines) is 1. The number of anilines is 1. The number of amides is 1. The summed E-state index contributed by atoms with van der Waals surface area (Å²) in [5, 5.41) is 14.5. The van der Waals surface area contributed by atoms with Crippen molar-refractivity contribution in [1.29, 1.82) is 0 Å². The molecule has 2 aromatic heterocycles. The van der Waals surface area contributed by atoms with Crippen molar-refractivity contribution in [3.63, 3.8) is 0 Å². The lowest BCUT2D eigenvalue weighted by molar-refractivity contribution is -0.144. The highest BCUT2D eigenvalue weighted by atomic mass is 19.4. The third-order valence-electron chi connectivity index (χ3n) is 8.12. The zero-order valence-electron chi connectivity index (χ0n) is 20.7. The second-order valence-corrected chi connectivity index (χ2v) is 10.5. The minimum Gasteiger partial charge on any atom is -0.457 e. The summed E-state index contributed by atoms with van der Waals surface area (Å²) in [6.45, 7) is 4.45. The monoisotopic (exact) mass is 529 g/mol. The summed E-state index contributed by atoms with van der Waals surface area (Å²) < 4.78 is 45.1. The third kappa shape index (κ3) is 4.21. The average Bonchev–Trinajstić information content (AvgIpc) is 3.56. The minimum absolute atomic E-state index is 0.0621. The van der Waals surface area contributed by atoms with Gasteiger partial charge in [0.15, 0.2) is 5.65 Å². The fourth-order valence-corrected chi connectivity index (χ4v) is 5.90. The molecule has 200 valence electrons. The molecule has 0 saturated carbocycles. The maximum atomic E-state index is 13.0. The first-order chi connectivity index (χ1) is 18.0. The fourth-order valence-electron chi connectivity index (χ4n) is 5.90. The van der Waals surface area contributed by atoms with E-state index in [1.54, 1.807) is 23.1 Å². The lowest BCUT2D eigenvalue weighted by atomic mass is 9.77. The zero-order chi connectivity index (χ0) is 26.8. The number of β-amino-alcohol motifs (C(OH)–C–C–N with tert-alkyl or cyclic N) is 1. The molecule has 1 N–H and O–H groups in total. The highest BCUT2D eigenvalue weighted by Gasteiger charge is 2.45. The Labute approximate surface area is 215 Å². The first-order valence-corrected chi connectivity index (χ1v) is 12.5. The molecule has 1 amide bonds. The van der Waals surface area contributed by atoms with E-state index in [0.717, 1.165) is 34.0 Å². The Morgan fingerprint density at radius 3 is 2.66 bits per heavy atom. The molecular weight excluding hydrogens is 503 g/mol. The molecule has 1 spiro atoms. The van der Waals surface area contributed by atoms with Crippen LogP contribution < -0.4 is 4.90 Å². The Bertz CT molecular complexity index is 1440. The molecule has 3 aliphatic heterocycles. The number of piperidine rings is 1. The Kier molecular flexibility index (Phi) is 5.72. The van der Waals surface area contributed by atoms with Gasteiger partial charge in [-0.05, 0) is 67.6 Å². The Morgan fingerprint density at radius 2 is 1.92 bits per heavy atom. The van der Waals surface area contributed by atoms with E-state index in [2.05, 4.69) is 15.0 Å². The van der Waals surface area contributed by atoms with Gasteiger partial charge in [0.2, 0.25) is 5.91 Å². The molecule has 6 rings (SSSR count). The van der Waals surface area contributed by atoms with Crippen LogP contribution in [0.5, 0.6) is 0 Å². The summed E-state index contributed by atoms with van der Waals surface area (Å²) in [7, 11) is 0. The quantitative estimate of drug-likeness (QED) is 0.518. The summed E-state index contributed by atoms with van der Waals surface area (Å²) in [5.74, 6) is -1.62. The number of alkyl halides is 3. The van der Waals surface area contributed by atoms with Crippen molar-refractivity contribution in [2.75, 3.05) is 31.1 Å². The lowest BCUT2D eigenvalue weighted by Crippen LogP contribution is -2.43. The van der Waals surface area contributed by atoms with Crippen molar-refractivity contribution in [3.8, 4) is 0 Å². The number of hydrogen-bond donors (Lipinski definition) is 1. The van der Waals surface area contributed by atoms with E-state index >= 15 is 0 Å². The number of carbonyl (C=O) groups excluding carboxylic acids is 2. The molecule has 2 fully saturated rings. The van der Waals surface area contributed by atoms with Crippen LogP contribution in [0.15, 0.2) is 30.5 Å². The maximum absolute atomic E-state index is 13.0. The highest BCUT2D eigenvalue weighted by Crippen LogP contribution is 2.43. The lowest BCUT2D eigenvalue weighted by Gasteiger charge is -2.39. The molecule has 0 unspecified atom stereocenters. The van der Waals surface area contributed by atoms with Crippen LogP contribution in [-0.4, -0.2) is 62.7 Å². The molecule has 5 heterocycles. The van der Waals surface area contributed by atoms with Crippen LogP contribution in [0.3, 0.4) is 0 Å². The average molecular weight is 530 g/mol. The van der Waals surface area contributed by atoms with Gasteiger partial charge in [-0.2, -0.15) is 13.2 Å². The van der Waals surface area contributed by atoms with Gasteiger partial charge in [0.05, 0.1) is 23.6 Å². The van der Waals surface area contributed by atoms with Crippen molar-refractivity contribution in [2.24, 2.45) is 5.41 Å². The largest absolute Gasteiger partial charge is 0.457 e. The molecule has 38 heavy (non-hydrogen) atoms. The maximum Gasteiger partial charge on any atom is 0.453 e. The Balaban J connectivity index is 1.11. The van der Waals surface area contributed by atoms with Crippen molar-refractivity contribution >= 4 is 23.2 Å². The van der Waals surface area contributed by atoms with Crippen molar-refractivity contribution in [3.05, 3.63) is 58.5 Å². The number of esters is 1. The normalized spacial score (nSPS) is 20.4. The molecule has 12 heteroatoms. The number of benzene rings is 1. The van der Waals surface area contributed by atoms with Gasteiger partial charge in [-0.15, -0.1) is 5.10 Å². The number of aliphatic hydroxyl groups is 1. The van der Waals surface area contributed by atoms with E-state index in [1.807, 2.05) is 6.92 Å². The predicted octanol–water partition coefficient (Wildman–Crippen LogP) is 3.28. The van der Waals surface area contributed by atoms with Gasteiger partial charge in [0, 0.05) is 25.1 Å². The summed E-state index contributed by atoms with van der Waals surface area (Å²) in [5.41, 5.74) is 3.36. The van der Waals surface area contributed by atoms with Gasteiger partial charge < -0.3 is 19.6 Å². The standard InChI is InChI=1S/C26H26F3N5O4/c1-15-17(3-4-18-19(15)13-38-23(18)37)20(35)12-32-8-6-25(7-9-32)10-22(36)33(14-25)16-2-5-21-30-24(26(27,28)29)31-34(21)11-16/h2-5,11,20,35H,6-10,12-14H2,1H3/t20-/m0/s1. The van der Waals surface area contributed by atoms with Gasteiger partial charge in [-0.25, -0.2) is 14.3 Å². The summed E-state index contributed by atoms with van der Waals surface area (Å²) in [6, 6.07) is 6.53. The number of cyclic esters (lactones) is 1. The zero-order valence-corrected chi connectivity index (χ0v) is 20.7. The number of rotatable bonds is 4. The number of carbonyl (C=O) groups is 2. The fraction of sp³-hybridized carbons (Fsp3) is 0.462. The van der Waals surface area contributed by atoms with Crippen LogP contribution in [0.1, 0.15) is 58.2 Å². The van der Waals surface area contributed by atoms with Gasteiger partial charge in [-0.3, -0.25) is 4.79 Å². The first-order valence-electron chi connectivity index (χ1n) is 12.5. The van der Waals surface area contributed by atoms with Crippen LogP contribution in [0.25, 0.3) is 5.65 Å². The molecule has 1 atom stereocenters. The number of halogens is 3. The Morgan fingerprint density at radius 1 is 1.16 bits per heavy atom. The predicted molar refractivity (Wildman–Crippen MR) is 128 cm³/mol. The number of fused-ring (bicyclic) bond motifs is 2. The molecule has 0 aliphatic carbocycles. The number of nitrogens with zero attached hydrogens (tertiary/aromatic N) is 5. The minimum atomic E-state index is -4.64. The van der Waals surface area contributed by atoms with Gasteiger partial charge >= 0.3 is 12.1 Å². The van der Waals surface area contributed by atoms with Crippen molar-refractivity contribution in [2.45, 2.75) is 45.1 Å². The van der Waals surface area contributed by atoms with E-state index in [-0.39, 0.29) is 29.5 Å². The van der Waals surface area contributed by atoms with E-state index < -0.39 is 18.1 Å². The van der Waals surface area contributed by atoms with E-state index in [9.17, 15) is 27.9 Å². The van der Waals surface area contributed by atoms with Crippen LogP contribution in [-0.2, 0) is 22.3 Å². The molecule has 0 radical (unpaired) electrons. The van der Waals surface area contributed by atoms with E-state index in [0.29, 0.717) is 43.9 Å². The first kappa shape index (κ1) is 24.8. The molecule has 0 bridgehead atoms. The summed E-state index contributed by atoms with van der Waals surface area (Å²) >= 11 is 0. The van der Waals surface area contributed by atoms with Crippen molar-refractivity contribution in [1.82, 2.24) is 19.5 Å². The molecule has 2 saturated heterocycles. The number of ether oxygens (including phenoxy) is 1.